The summed E-state index contributed by atoms with van der Waals surface area (Å²) in [5.74, 6) is 2.58. The van der Waals surface area contributed by atoms with Crippen LogP contribution in [0.2, 0.25) is 30.1 Å². The summed E-state index contributed by atoms with van der Waals surface area (Å²) in [6.07, 6.45) is 13.5. The van der Waals surface area contributed by atoms with Crippen molar-refractivity contribution in [2.75, 3.05) is 0 Å². The molecule has 1 nitrogen and oxygen atoms in total. The van der Waals surface area contributed by atoms with E-state index in [1.165, 1.54) is 78.5 Å². The molecule has 0 amide bonds. The van der Waals surface area contributed by atoms with Crippen molar-refractivity contribution in [3.63, 3.8) is 0 Å². The van der Waals surface area contributed by atoms with Crippen molar-refractivity contribution in [1.29, 1.82) is 0 Å². The second kappa shape index (κ2) is 26.8. The maximum Gasteiger partial charge on any atom is 0.141 e. The Morgan fingerprint density at radius 1 is 0.395 bits per heavy atom. The molecule has 0 bridgehead atoms. The van der Waals surface area contributed by atoms with Gasteiger partial charge in [0, 0.05) is 21.4 Å². The van der Waals surface area contributed by atoms with E-state index in [-0.39, 0.29) is 56.8 Å². The summed E-state index contributed by atoms with van der Waals surface area (Å²) in [6.45, 7) is 38.9. The Labute approximate surface area is 488 Å². The van der Waals surface area contributed by atoms with Gasteiger partial charge in [0.1, 0.15) is 17.4 Å². The molecule has 0 unspecified atom stereocenters. The van der Waals surface area contributed by atoms with Crippen LogP contribution in [0.1, 0.15) is 206 Å². The zero-order valence-corrected chi connectivity index (χ0v) is 52.1. The molecule has 0 heterocycles. The highest BCUT2D eigenvalue weighted by Gasteiger charge is 2.41. The van der Waals surface area contributed by atoms with Crippen molar-refractivity contribution < 1.29 is 13.6 Å². The van der Waals surface area contributed by atoms with Gasteiger partial charge in [-0.2, -0.15) is 0 Å². The summed E-state index contributed by atoms with van der Waals surface area (Å²) in [5, 5.41) is 3.45. The predicted molar refractivity (Wildman–Crippen MR) is 326 cm³/mol. The molecule has 0 N–H and O–H groups in total. The Kier molecular flexibility index (Phi) is 22.6. The molecule has 416 valence electrons. The van der Waals surface area contributed by atoms with Crippen LogP contribution in [0, 0.1) is 57.0 Å². The molecule has 4 aliphatic rings. The molecule has 0 saturated heterocycles. The largest absolute Gasteiger partial charge is 0.299 e. The standard InChI is InChI=1S/2C17H22Cl2.C17H22ClF.C16H20ClFO/c2*1-11(17(2,3)4)13-6-5-7-14(13)12-8-9-15(18)16(19)10-12;1-11(17(2,3)4)13-6-5-7-14(13)15-9-8-12(18)10-16(15)19;1-16(2,3)15(19)13-6-4-5-11(13)12-8-7-10(17)9-14(12)18/h3*8-10,13-14H,1,5-7H2,2-4H3;7-9,11,13H,4-6H2,1-3H3/t2*13-,14-;13-,14+;11-,13+/m1001/s1. The van der Waals surface area contributed by atoms with Crippen LogP contribution in [0.4, 0.5) is 8.78 Å². The molecule has 8 atom stereocenters. The number of rotatable bonds is 8. The molecule has 9 heteroatoms. The van der Waals surface area contributed by atoms with Crippen LogP contribution in [-0.2, 0) is 4.79 Å². The third kappa shape index (κ3) is 16.7. The lowest BCUT2D eigenvalue weighted by Crippen LogP contribution is -2.30. The van der Waals surface area contributed by atoms with E-state index in [4.69, 9.17) is 69.6 Å². The Balaban J connectivity index is 0.000000187. The number of carbonyl (C=O) groups is 1. The molecule has 4 aliphatic carbocycles. The van der Waals surface area contributed by atoms with E-state index in [0.29, 0.717) is 65.3 Å². The minimum atomic E-state index is -0.365. The van der Waals surface area contributed by atoms with Gasteiger partial charge in [0.25, 0.3) is 0 Å². The summed E-state index contributed by atoms with van der Waals surface area (Å²) in [7, 11) is 0. The number of benzene rings is 4. The van der Waals surface area contributed by atoms with Crippen molar-refractivity contribution >= 4 is 75.4 Å². The Bertz CT molecular complexity index is 2490. The van der Waals surface area contributed by atoms with E-state index in [1.54, 1.807) is 18.2 Å². The van der Waals surface area contributed by atoms with Crippen LogP contribution >= 0.6 is 69.6 Å². The van der Waals surface area contributed by atoms with Crippen LogP contribution in [0.25, 0.3) is 0 Å². The van der Waals surface area contributed by atoms with Crippen molar-refractivity contribution in [3.05, 3.63) is 173 Å². The Morgan fingerprint density at radius 3 is 1.00 bits per heavy atom. The molecular formula is C67H86Cl6F2O. The van der Waals surface area contributed by atoms with Crippen LogP contribution in [0.3, 0.4) is 0 Å². The van der Waals surface area contributed by atoms with Crippen LogP contribution in [-0.4, -0.2) is 5.78 Å². The highest BCUT2D eigenvalue weighted by molar-refractivity contribution is 6.42. The monoisotopic (exact) mass is 1150 g/mol. The summed E-state index contributed by atoms with van der Waals surface area (Å²) in [4.78, 5) is 12.5. The number of hydrogen-bond donors (Lipinski definition) is 0. The fourth-order valence-electron chi connectivity index (χ4n) is 12.3. The van der Waals surface area contributed by atoms with E-state index in [9.17, 15) is 13.6 Å². The fourth-order valence-corrected chi connectivity index (χ4v) is 13.2. The van der Waals surface area contributed by atoms with Gasteiger partial charge >= 0.3 is 0 Å². The van der Waals surface area contributed by atoms with Crippen molar-refractivity contribution in [3.8, 4) is 0 Å². The summed E-state index contributed by atoms with van der Waals surface area (Å²) >= 11 is 36.0. The molecule has 4 aromatic rings. The molecule has 8 rings (SSSR count). The smallest absolute Gasteiger partial charge is 0.141 e. The molecule has 4 fully saturated rings. The Morgan fingerprint density at radius 2 is 0.697 bits per heavy atom. The first-order chi connectivity index (χ1) is 35.2. The molecule has 0 aromatic heterocycles. The number of ketones is 1. The first kappa shape index (κ1) is 64.2. The van der Waals surface area contributed by atoms with E-state index in [2.05, 4.69) is 94.2 Å². The molecular weight excluding hydrogens is 1070 g/mol. The van der Waals surface area contributed by atoms with Gasteiger partial charge in [-0.15, -0.1) is 0 Å². The lowest BCUT2D eigenvalue weighted by atomic mass is 9.74. The van der Waals surface area contributed by atoms with E-state index < -0.39 is 0 Å². The molecule has 4 aromatic carbocycles. The maximum atomic E-state index is 14.1. The molecule has 4 saturated carbocycles. The summed E-state index contributed by atoms with van der Waals surface area (Å²) < 4.78 is 28.2. The van der Waals surface area contributed by atoms with Gasteiger partial charge in [-0.05, 0) is 180 Å². The van der Waals surface area contributed by atoms with E-state index >= 15 is 0 Å². The number of allylic oxidation sites excluding steroid dienone is 3. The van der Waals surface area contributed by atoms with Crippen LogP contribution in [0.15, 0.2) is 109 Å². The Hall–Kier alpha value is -2.63. The minimum Gasteiger partial charge on any atom is -0.299 e. The number of hydrogen-bond acceptors (Lipinski definition) is 1. The lowest BCUT2D eigenvalue weighted by Gasteiger charge is -2.31. The lowest BCUT2D eigenvalue weighted by molar-refractivity contribution is -0.130. The number of halogens is 8. The van der Waals surface area contributed by atoms with E-state index in [1.807, 2.05) is 51.1 Å². The minimum absolute atomic E-state index is 0.00370. The molecule has 76 heavy (non-hydrogen) atoms. The predicted octanol–water partition coefficient (Wildman–Crippen LogP) is 23.9. The fraction of sp³-hybridized carbons (Fsp3) is 0.537. The van der Waals surface area contributed by atoms with Gasteiger partial charge in [0.2, 0.25) is 0 Å². The number of carbonyl (C=O) groups excluding carboxylic acids is 1. The van der Waals surface area contributed by atoms with Crippen LogP contribution in [0.5, 0.6) is 0 Å². The molecule has 0 aliphatic heterocycles. The van der Waals surface area contributed by atoms with Gasteiger partial charge in [0.15, 0.2) is 0 Å². The second-order valence-electron chi connectivity index (χ2n) is 26.2. The highest BCUT2D eigenvalue weighted by Crippen LogP contribution is 2.51. The maximum absolute atomic E-state index is 14.1. The SMILES string of the molecule is C=C([C@@H]1CCC[C@H]1c1ccc(Cl)c(Cl)c1)C(C)(C)C.C=C([C@@H]1CCC[C@H]1c1ccc(Cl)cc1F)C(C)(C)C.C=C([C@H]1CCC[C@@H]1c1ccc(Cl)c(Cl)c1)C(C)(C)C.CC(C)(C)C(=O)[C@H]1CCC[C@@H]1c1ccc(Cl)cc1F. The normalized spacial score (nSPS) is 23.6. The molecule has 0 radical (unpaired) electrons. The zero-order chi connectivity index (χ0) is 56.8. The van der Waals surface area contributed by atoms with Gasteiger partial charge in [-0.3, -0.25) is 4.79 Å². The zero-order valence-electron chi connectivity index (χ0n) is 47.6. The van der Waals surface area contributed by atoms with Gasteiger partial charge in [-0.25, -0.2) is 8.78 Å². The topological polar surface area (TPSA) is 17.1 Å². The molecule has 0 spiro atoms. The quantitative estimate of drug-likeness (QED) is 0.161. The summed E-state index contributed by atoms with van der Waals surface area (Å²) in [6, 6.07) is 22.0. The van der Waals surface area contributed by atoms with Gasteiger partial charge in [0.05, 0.1) is 20.1 Å². The van der Waals surface area contributed by atoms with Crippen molar-refractivity contribution in [2.24, 2.45) is 45.3 Å². The third-order valence-corrected chi connectivity index (χ3v) is 18.8. The first-order valence-electron chi connectivity index (χ1n) is 27.6. The van der Waals surface area contributed by atoms with E-state index in [0.717, 1.165) is 44.1 Å². The van der Waals surface area contributed by atoms with Crippen LogP contribution < -0.4 is 0 Å². The van der Waals surface area contributed by atoms with Crippen molar-refractivity contribution in [1.82, 2.24) is 0 Å². The van der Waals surface area contributed by atoms with Gasteiger partial charge < -0.3 is 0 Å². The summed E-state index contributed by atoms with van der Waals surface area (Å²) in [5.41, 5.74) is 8.08. The highest BCUT2D eigenvalue weighted by atomic mass is 35.5. The second-order valence-corrected chi connectivity index (χ2v) is 28.7. The third-order valence-electron chi connectivity index (χ3n) is 16.8. The van der Waals surface area contributed by atoms with Crippen molar-refractivity contribution in [2.45, 2.75) is 184 Å². The van der Waals surface area contributed by atoms with Gasteiger partial charge in [-0.1, -0.05) is 239 Å². The first-order valence-corrected chi connectivity index (χ1v) is 29.9. The number of Topliss-reactive ketones (excluding diaryl/α,β-unsaturated/α-hetero) is 1. The average Bonchev–Trinajstić information content (AvgIpc) is 4.18. The average molecular weight is 1160 g/mol.